The van der Waals surface area contributed by atoms with Crippen molar-refractivity contribution >= 4 is 5.69 Å². The number of rotatable bonds is 0. The Bertz CT molecular complexity index is 268. The third kappa shape index (κ3) is 1.10. The highest BCUT2D eigenvalue weighted by Crippen LogP contribution is 2.19. The van der Waals surface area contributed by atoms with Gasteiger partial charge in [-0.2, -0.15) is 0 Å². The van der Waals surface area contributed by atoms with Gasteiger partial charge in [-0.1, -0.05) is 12.1 Å². The van der Waals surface area contributed by atoms with Crippen molar-refractivity contribution in [3.8, 4) is 0 Å². The zero-order valence-corrected chi connectivity index (χ0v) is 6.43. The molecule has 0 spiro atoms. The van der Waals surface area contributed by atoms with Crippen molar-refractivity contribution in [2.45, 2.75) is 13.0 Å². The molecule has 1 heterocycles. The number of fused-ring (bicyclic) bond motifs is 1. The summed E-state index contributed by atoms with van der Waals surface area (Å²) in [6.07, 6.45) is 1.11. The fourth-order valence-corrected chi connectivity index (χ4v) is 1.54. The Morgan fingerprint density at radius 1 is 1.36 bits per heavy atom. The predicted octanol–water partition coefficient (Wildman–Crippen LogP) is 0.914. The fourth-order valence-electron chi connectivity index (χ4n) is 1.54. The van der Waals surface area contributed by atoms with E-state index in [1.54, 1.807) is 0 Å². The minimum Gasteiger partial charge on any atom is -0.398 e. The average Bonchev–Trinajstić information content (AvgIpc) is 2.06. The van der Waals surface area contributed by atoms with Crippen molar-refractivity contribution in [3.63, 3.8) is 0 Å². The first-order valence-electron chi connectivity index (χ1n) is 3.95. The maximum Gasteiger partial charge on any atom is 0.0362 e. The molecule has 2 heteroatoms. The summed E-state index contributed by atoms with van der Waals surface area (Å²) in [5, 5.41) is 3.30. The molecule has 0 unspecified atom stereocenters. The second-order valence-electron chi connectivity index (χ2n) is 2.91. The second-order valence-corrected chi connectivity index (χ2v) is 2.91. The van der Waals surface area contributed by atoms with E-state index < -0.39 is 0 Å². The van der Waals surface area contributed by atoms with Gasteiger partial charge in [0.15, 0.2) is 0 Å². The van der Waals surface area contributed by atoms with Crippen LogP contribution in [0.15, 0.2) is 18.2 Å². The molecule has 3 N–H and O–H groups in total. The van der Waals surface area contributed by atoms with E-state index in [9.17, 15) is 0 Å². The monoisotopic (exact) mass is 148 g/mol. The van der Waals surface area contributed by atoms with Crippen molar-refractivity contribution < 1.29 is 0 Å². The van der Waals surface area contributed by atoms with Crippen molar-refractivity contribution in [3.05, 3.63) is 29.3 Å². The quantitative estimate of drug-likeness (QED) is 0.537. The molecule has 58 valence electrons. The molecule has 11 heavy (non-hydrogen) atoms. The largest absolute Gasteiger partial charge is 0.398 e. The van der Waals surface area contributed by atoms with E-state index in [4.69, 9.17) is 5.73 Å². The molecule has 0 aliphatic carbocycles. The molecule has 2 nitrogen and oxygen atoms in total. The molecule has 0 aromatic heterocycles. The van der Waals surface area contributed by atoms with Gasteiger partial charge in [-0.25, -0.2) is 0 Å². The molecular formula is C9H12N2. The van der Waals surface area contributed by atoms with Crippen molar-refractivity contribution in [2.75, 3.05) is 12.3 Å². The zero-order chi connectivity index (χ0) is 7.68. The Morgan fingerprint density at radius 3 is 3.09 bits per heavy atom. The first-order valence-corrected chi connectivity index (χ1v) is 3.95. The highest BCUT2D eigenvalue weighted by molar-refractivity contribution is 5.51. The Hall–Kier alpha value is -1.02. The lowest BCUT2D eigenvalue weighted by Gasteiger charge is -2.18. The minimum atomic E-state index is 0.926. The number of nitrogens with two attached hydrogens (primary N) is 1. The SMILES string of the molecule is Nc1cccc2c1CNCC2. The first-order chi connectivity index (χ1) is 5.38. The maximum atomic E-state index is 5.80. The summed E-state index contributed by atoms with van der Waals surface area (Å²) >= 11 is 0. The van der Waals surface area contributed by atoms with Gasteiger partial charge in [-0.3, -0.25) is 0 Å². The fraction of sp³-hybridized carbons (Fsp3) is 0.333. The van der Waals surface area contributed by atoms with Crippen LogP contribution in [0.4, 0.5) is 5.69 Å². The Labute approximate surface area is 66.4 Å². The van der Waals surface area contributed by atoms with Crippen molar-refractivity contribution in [1.29, 1.82) is 0 Å². The van der Waals surface area contributed by atoms with E-state index in [1.165, 1.54) is 11.1 Å². The summed E-state index contributed by atoms with van der Waals surface area (Å²) in [5.74, 6) is 0. The lowest BCUT2D eigenvalue weighted by molar-refractivity contribution is 0.645. The van der Waals surface area contributed by atoms with Gasteiger partial charge in [0, 0.05) is 12.2 Å². The van der Waals surface area contributed by atoms with E-state index in [2.05, 4.69) is 11.4 Å². The predicted molar refractivity (Wildman–Crippen MR) is 46.3 cm³/mol. The van der Waals surface area contributed by atoms with Crippen LogP contribution in [0.3, 0.4) is 0 Å². The molecule has 1 aliphatic heterocycles. The molecule has 2 rings (SSSR count). The lowest BCUT2D eigenvalue weighted by Crippen LogP contribution is -2.24. The van der Waals surface area contributed by atoms with Crippen LogP contribution in [-0.2, 0) is 13.0 Å². The molecule has 0 bridgehead atoms. The minimum absolute atomic E-state index is 0.926. The maximum absolute atomic E-state index is 5.80. The zero-order valence-electron chi connectivity index (χ0n) is 6.43. The van der Waals surface area contributed by atoms with Crippen molar-refractivity contribution in [1.82, 2.24) is 5.32 Å². The van der Waals surface area contributed by atoms with Gasteiger partial charge in [0.25, 0.3) is 0 Å². The standard InChI is InChI=1S/C9H12N2/c10-9-3-1-2-7-4-5-11-6-8(7)9/h1-3,11H,4-6,10H2. The first kappa shape index (κ1) is 6.68. The summed E-state index contributed by atoms with van der Waals surface area (Å²) in [5.41, 5.74) is 9.42. The van der Waals surface area contributed by atoms with Crippen LogP contribution < -0.4 is 11.1 Å². The molecule has 0 saturated carbocycles. The van der Waals surface area contributed by atoms with Crippen LogP contribution in [-0.4, -0.2) is 6.54 Å². The summed E-state index contributed by atoms with van der Waals surface area (Å²) in [7, 11) is 0. The number of hydrogen-bond donors (Lipinski definition) is 2. The van der Waals surface area contributed by atoms with Gasteiger partial charge in [0.2, 0.25) is 0 Å². The number of anilines is 1. The summed E-state index contributed by atoms with van der Waals surface area (Å²) in [6, 6.07) is 6.15. The third-order valence-electron chi connectivity index (χ3n) is 2.18. The molecule has 0 saturated heterocycles. The number of hydrogen-bond acceptors (Lipinski definition) is 2. The molecular weight excluding hydrogens is 136 g/mol. The molecule has 0 radical (unpaired) electrons. The normalized spacial score (nSPS) is 16.0. The lowest BCUT2D eigenvalue weighted by atomic mass is 10.00. The van der Waals surface area contributed by atoms with E-state index in [0.29, 0.717) is 0 Å². The third-order valence-corrected chi connectivity index (χ3v) is 2.18. The highest BCUT2D eigenvalue weighted by atomic mass is 14.9. The smallest absolute Gasteiger partial charge is 0.0362 e. The van der Waals surface area contributed by atoms with Gasteiger partial charge in [0.1, 0.15) is 0 Å². The second kappa shape index (κ2) is 2.55. The van der Waals surface area contributed by atoms with Crippen LogP contribution in [0.2, 0.25) is 0 Å². The summed E-state index contributed by atoms with van der Waals surface area (Å²) in [4.78, 5) is 0. The Balaban J connectivity index is 2.49. The molecule has 1 aliphatic rings. The Morgan fingerprint density at radius 2 is 2.27 bits per heavy atom. The summed E-state index contributed by atoms with van der Waals surface area (Å²) in [6.45, 7) is 2.01. The van der Waals surface area contributed by atoms with Crippen LogP contribution in [0, 0.1) is 0 Å². The van der Waals surface area contributed by atoms with E-state index in [-0.39, 0.29) is 0 Å². The molecule has 1 aromatic carbocycles. The van der Waals surface area contributed by atoms with Crippen LogP contribution in [0.25, 0.3) is 0 Å². The molecule has 0 atom stereocenters. The van der Waals surface area contributed by atoms with E-state index in [0.717, 1.165) is 25.2 Å². The van der Waals surface area contributed by atoms with Crippen molar-refractivity contribution in [2.24, 2.45) is 0 Å². The van der Waals surface area contributed by atoms with Gasteiger partial charge in [-0.05, 0) is 30.2 Å². The van der Waals surface area contributed by atoms with E-state index >= 15 is 0 Å². The van der Waals surface area contributed by atoms with E-state index in [1.807, 2.05) is 12.1 Å². The number of benzene rings is 1. The van der Waals surface area contributed by atoms with Gasteiger partial charge in [-0.15, -0.1) is 0 Å². The summed E-state index contributed by atoms with van der Waals surface area (Å²) < 4.78 is 0. The molecule has 1 aromatic rings. The highest BCUT2D eigenvalue weighted by Gasteiger charge is 2.09. The average molecular weight is 148 g/mol. The Kier molecular flexibility index (Phi) is 1.55. The van der Waals surface area contributed by atoms with Crippen LogP contribution in [0.1, 0.15) is 11.1 Å². The number of nitrogen functional groups attached to an aromatic ring is 1. The molecule has 0 amide bonds. The van der Waals surface area contributed by atoms with Gasteiger partial charge in [0.05, 0.1) is 0 Å². The van der Waals surface area contributed by atoms with Gasteiger partial charge >= 0.3 is 0 Å². The molecule has 0 fully saturated rings. The topological polar surface area (TPSA) is 38.0 Å². The van der Waals surface area contributed by atoms with Crippen LogP contribution >= 0.6 is 0 Å². The number of nitrogens with one attached hydrogen (secondary N) is 1. The van der Waals surface area contributed by atoms with Gasteiger partial charge < -0.3 is 11.1 Å². The van der Waals surface area contributed by atoms with Crippen LogP contribution in [0.5, 0.6) is 0 Å².